The number of anilines is 1. The summed E-state index contributed by atoms with van der Waals surface area (Å²) in [5.41, 5.74) is 2.62. The van der Waals surface area contributed by atoms with Gasteiger partial charge in [0, 0.05) is 24.4 Å². The number of pyridine rings is 2. The van der Waals surface area contributed by atoms with E-state index in [0.717, 1.165) is 16.7 Å². The maximum absolute atomic E-state index is 11.3. The van der Waals surface area contributed by atoms with Crippen LogP contribution in [-0.2, 0) is 16.0 Å². The Bertz CT molecular complexity index is 1240. The third-order valence-corrected chi connectivity index (χ3v) is 4.82. The first-order valence-electron chi connectivity index (χ1n) is 9.62. The molecule has 0 spiro atoms. The van der Waals surface area contributed by atoms with E-state index in [2.05, 4.69) is 39.1 Å². The maximum atomic E-state index is 11.3. The van der Waals surface area contributed by atoms with E-state index in [1.807, 2.05) is 26.0 Å². The number of carbonyl (C=O) groups is 2. The summed E-state index contributed by atoms with van der Waals surface area (Å²) in [4.78, 5) is 57.7. The van der Waals surface area contributed by atoms with Crippen LogP contribution in [0.25, 0.3) is 11.2 Å². The van der Waals surface area contributed by atoms with Gasteiger partial charge < -0.3 is 15.3 Å². The highest BCUT2D eigenvalue weighted by atomic mass is 16.2. The number of ketones is 1. The normalized spacial score (nSPS) is 13.1. The predicted octanol–water partition coefficient (Wildman–Crippen LogP) is 2.00. The van der Waals surface area contributed by atoms with E-state index < -0.39 is 22.8 Å². The minimum atomic E-state index is -0.670. The lowest BCUT2D eigenvalue weighted by atomic mass is 9.93. The van der Waals surface area contributed by atoms with Crippen molar-refractivity contribution in [2.75, 3.05) is 5.32 Å². The smallest absolute Gasteiger partial charge is 0.314 e. The maximum Gasteiger partial charge on any atom is 0.315 e. The van der Waals surface area contributed by atoms with E-state index in [9.17, 15) is 19.2 Å². The molecule has 9 nitrogen and oxygen atoms in total. The molecule has 1 amide bonds. The van der Waals surface area contributed by atoms with Crippen LogP contribution >= 0.6 is 0 Å². The van der Waals surface area contributed by atoms with Crippen molar-refractivity contribution in [3.05, 3.63) is 61.9 Å². The highest BCUT2D eigenvalue weighted by Gasteiger charge is 2.26. The summed E-state index contributed by atoms with van der Waals surface area (Å²) < 4.78 is 0. The summed E-state index contributed by atoms with van der Waals surface area (Å²) >= 11 is 0. The van der Waals surface area contributed by atoms with Gasteiger partial charge in [-0.15, -0.1) is 0 Å². The fourth-order valence-electron chi connectivity index (χ4n) is 3.28. The average Bonchev–Trinajstić information content (AvgIpc) is 2.69. The molecule has 3 aromatic rings. The Hall–Kier alpha value is -3.62. The van der Waals surface area contributed by atoms with Crippen LogP contribution in [0.5, 0.6) is 0 Å². The van der Waals surface area contributed by atoms with Crippen LogP contribution in [0.15, 0.2) is 34.1 Å². The minimum Gasteiger partial charge on any atom is -0.314 e. The first-order valence-corrected chi connectivity index (χ1v) is 9.62. The number of aromatic amines is 2. The van der Waals surface area contributed by atoms with Gasteiger partial charge in [-0.05, 0) is 35.1 Å². The van der Waals surface area contributed by atoms with Gasteiger partial charge >= 0.3 is 11.1 Å². The number of H-pyrrole nitrogens is 2. The highest BCUT2D eigenvalue weighted by Crippen LogP contribution is 2.27. The number of aromatic nitrogens is 4. The summed E-state index contributed by atoms with van der Waals surface area (Å²) in [6, 6.07) is 3.73. The molecular formula is C21H23N5O4. The summed E-state index contributed by atoms with van der Waals surface area (Å²) in [5.74, 6) is 0.167. The third kappa shape index (κ3) is 4.19. The van der Waals surface area contributed by atoms with Gasteiger partial charge in [-0.25, -0.2) is 9.97 Å². The van der Waals surface area contributed by atoms with Crippen molar-refractivity contribution in [2.24, 2.45) is 0 Å². The van der Waals surface area contributed by atoms with Crippen LogP contribution in [0.1, 0.15) is 56.2 Å². The van der Waals surface area contributed by atoms with Gasteiger partial charge in [0.05, 0.1) is 5.52 Å². The molecule has 1 aliphatic rings. The Balaban J connectivity index is 0.000000171. The molecule has 0 fully saturated rings. The van der Waals surface area contributed by atoms with Crippen molar-refractivity contribution in [1.29, 1.82) is 0 Å². The lowest BCUT2D eigenvalue weighted by molar-refractivity contribution is -0.134. The Morgan fingerprint density at radius 1 is 0.833 bits per heavy atom. The van der Waals surface area contributed by atoms with E-state index in [1.54, 1.807) is 12.4 Å². The molecule has 4 heterocycles. The molecule has 156 valence electrons. The Morgan fingerprint density at radius 2 is 1.43 bits per heavy atom. The molecule has 0 atom stereocenters. The number of nitrogens with zero attached hydrogens (tertiary/aromatic N) is 2. The molecule has 4 rings (SSSR count). The second-order valence-corrected chi connectivity index (χ2v) is 7.62. The van der Waals surface area contributed by atoms with E-state index >= 15 is 0 Å². The van der Waals surface area contributed by atoms with E-state index in [4.69, 9.17) is 0 Å². The predicted molar refractivity (Wildman–Crippen MR) is 113 cm³/mol. The molecule has 9 heteroatoms. The van der Waals surface area contributed by atoms with E-state index in [0.29, 0.717) is 22.9 Å². The van der Waals surface area contributed by atoms with Gasteiger partial charge in [-0.1, -0.05) is 27.7 Å². The van der Waals surface area contributed by atoms with Crippen LogP contribution in [0, 0.1) is 0 Å². The number of amides is 1. The number of Topliss-reactive ketones (excluding diaryl/α,β-unsaturated/α-hetero) is 1. The average molecular weight is 409 g/mol. The molecule has 0 aliphatic carbocycles. The second-order valence-electron chi connectivity index (χ2n) is 7.62. The summed E-state index contributed by atoms with van der Waals surface area (Å²) in [6.45, 7) is 8.13. The zero-order chi connectivity index (χ0) is 22.0. The fraction of sp³-hybridized carbons (Fsp3) is 0.333. The summed E-state index contributed by atoms with van der Waals surface area (Å²) in [5, 5.41) is 2.51. The number of hydrogen-bond acceptors (Lipinski definition) is 6. The largest absolute Gasteiger partial charge is 0.315 e. The lowest BCUT2D eigenvalue weighted by Gasteiger charge is -2.19. The monoisotopic (exact) mass is 409 g/mol. The first-order chi connectivity index (χ1) is 14.2. The van der Waals surface area contributed by atoms with Gasteiger partial charge in [-0.3, -0.25) is 19.2 Å². The zero-order valence-electron chi connectivity index (χ0n) is 17.2. The Morgan fingerprint density at radius 3 is 2.10 bits per heavy atom. The van der Waals surface area contributed by atoms with Gasteiger partial charge in [0.1, 0.15) is 5.82 Å². The third-order valence-electron chi connectivity index (χ3n) is 4.82. The van der Waals surface area contributed by atoms with Crippen molar-refractivity contribution in [2.45, 2.75) is 46.0 Å². The topological polar surface area (TPSA) is 138 Å². The molecule has 0 bridgehead atoms. The van der Waals surface area contributed by atoms with Crippen molar-refractivity contribution in [1.82, 2.24) is 19.9 Å². The molecule has 0 aromatic carbocycles. The minimum absolute atomic E-state index is 0.169. The highest BCUT2D eigenvalue weighted by molar-refractivity contribution is 6.42. The molecule has 0 unspecified atom stereocenters. The first kappa shape index (κ1) is 21.1. The number of fused-ring (bicyclic) bond motifs is 2. The van der Waals surface area contributed by atoms with Crippen molar-refractivity contribution >= 4 is 28.7 Å². The summed E-state index contributed by atoms with van der Waals surface area (Å²) in [7, 11) is 0. The van der Waals surface area contributed by atoms with Crippen LogP contribution in [-0.4, -0.2) is 31.6 Å². The Labute approximate surface area is 172 Å². The van der Waals surface area contributed by atoms with Crippen LogP contribution < -0.4 is 16.4 Å². The molecule has 3 aromatic heterocycles. The van der Waals surface area contributed by atoms with Crippen LogP contribution in [0.3, 0.4) is 0 Å². The van der Waals surface area contributed by atoms with E-state index in [1.165, 1.54) is 0 Å². The van der Waals surface area contributed by atoms with Gasteiger partial charge in [-0.2, -0.15) is 0 Å². The van der Waals surface area contributed by atoms with E-state index in [-0.39, 0.29) is 12.3 Å². The quantitative estimate of drug-likeness (QED) is 0.554. The van der Waals surface area contributed by atoms with Crippen LogP contribution in [0.2, 0.25) is 0 Å². The molecule has 0 saturated heterocycles. The Kier molecular flexibility index (Phi) is 5.91. The number of hydrogen-bond donors (Lipinski definition) is 3. The molecular weight excluding hydrogens is 386 g/mol. The van der Waals surface area contributed by atoms with Gasteiger partial charge in [0.15, 0.2) is 5.65 Å². The SMILES string of the molecule is CC(C)c1ccnc2[nH]c(=O)c(=O)[nH]c12.CC(C)c1ccnc2c1CC(=O)C(=O)N2. The molecule has 3 N–H and O–H groups in total. The van der Waals surface area contributed by atoms with Crippen molar-refractivity contribution in [3.63, 3.8) is 0 Å². The number of nitrogens with one attached hydrogen (secondary N) is 3. The molecule has 30 heavy (non-hydrogen) atoms. The van der Waals surface area contributed by atoms with Crippen molar-refractivity contribution < 1.29 is 9.59 Å². The van der Waals surface area contributed by atoms with Crippen LogP contribution in [0.4, 0.5) is 5.82 Å². The van der Waals surface area contributed by atoms with Gasteiger partial charge in [0.2, 0.25) is 5.78 Å². The van der Waals surface area contributed by atoms with Crippen molar-refractivity contribution in [3.8, 4) is 0 Å². The number of carbonyl (C=O) groups excluding carboxylic acids is 2. The number of rotatable bonds is 2. The molecule has 0 saturated carbocycles. The second kappa shape index (κ2) is 8.40. The molecule has 0 radical (unpaired) electrons. The zero-order valence-corrected chi connectivity index (χ0v) is 17.2. The lowest BCUT2D eigenvalue weighted by Crippen LogP contribution is -2.31. The standard InChI is InChI=1S/C11H12N2O2.C10H11N3O2/c1-6(2)7-3-4-12-10-8(7)5-9(14)11(15)13-10;1-5(2)6-3-4-11-8-7(6)12-9(14)10(15)13-8/h3-4,6H,5H2,1-2H3,(H,12,13,15);3-5H,1-2H3,(H,12,14)(H,11,13,15). The van der Waals surface area contributed by atoms with Gasteiger partial charge in [0.25, 0.3) is 5.91 Å². The summed E-state index contributed by atoms with van der Waals surface area (Å²) in [6.07, 6.45) is 3.44. The fourth-order valence-corrected chi connectivity index (χ4v) is 3.28. The molecule has 1 aliphatic heterocycles.